The first-order chi connectivity index (χ1) is 15.0. The fourth-order valence-electron chi connectivity index (χ4n) is 2.58. The third kappa shape index (κ3) is 6.93. The lowest BCUT2D eigenvalue weighted by atomic mass is 10.2. The fourth-order valence-corrected chi connectivity index (χ4v) is 3.19. The Bertz CT molecular complexity index is 1110. The van der Waals surface area contributed by atoms with E-state index in [0.29, 0.717) is 22.6 Å². The Labute approximate surface area is 182 Å². The van der Waals surface area contributed by atoms with Crippen LogP contribution in [-0.4, -0.2) is 16.3 Å². The molecule has 0 atom stereocenters. The second-order valence-corrected chi connectivity index (χ2v) is 7.35. The number of thioether (sulfide) groups is 1. The van der Waals surface area contributed by atoms with E-state index in [1.807, 2.05) is 30.3 Å². The molecule has 0 bridgehead atoms. The van der Waals surface area contributed by atoms with Crippen LogP contribution in [0.1, 0.15) is 16.7 Å². The third-order valence-corrected chi connectivity index (χ3v) is 4.93. The summed E-state index contributed by atoms with van der Waals surface area (Å²) in [7, 11) is 0. The fraction of sp³-hybridized carbons (Fsp3) is 0.0909. The van der Waals surface area contributed by atoms with Gasteiger partial charge in [-0.1, -0.05) is 54.2 Å². The molecule has 0 unspecified atom stereocenters. The molecule has 0 amide bonds. The van der Waals surface area contributed by atoms with Crippen LogP contribution in [-0.2, 0) is 12.4 Å². The second kappa shape index (κ2) is 10.9. The van der Waals surface area contributed by atoms with E-state index >= 15 is 0 Å². The molecule has 3 rings (SSSR count). The van der Waals surface area contributed by atoms with Crippen molar-refractivity contribution in [3.05, 3.63) is 105 Å². The Morgan fingerprint density at radius 3 is 2.61 bits per heavy atom. The monoisotopic (exact) mass is 438 g/mol. The van der Waals surface area contributed by atoms with Gasteiger partial charge in [0.1, 0.15) is 18.2 Å². The maximum absolute atomic E-state index is 13.3. The van der Waals surface area contributed by atoms with Crippen LogP contribution >= 0.6 is 11.8 Å². The number of hydrogen-bond donors (Lipinski definition) is 1. The maximum Gasteiger partial charge on any atom is 0.270 e. The molecule has 0 saturated heterocycles. The molecule has 0 aliphatic carbocycles. The molecule has 0 aliphatic rings. The van der Waals surface area contributed by atoms with E-state index in [-0.39, 0.29) is 23.3 Å². The highest BCUT2D eigenvalue weighted by atomic mass is 32.2. The number of halogens is 1. The molecule has 3 aromatic carbocycles. The summed E-state index contributed by atoms with van der Waals surface area (Å²) in [4.78, 5) is 10.6. The number of nitro benzene ring substituents is 1. The smallest absolute Gasteiger partial charge is 0.270 e. The average Bonchev–Trinajstić information content (AvgIpc) is 2.77. The van der Waals surface area contributed by atoms with Gasteiger partial charge in [0.25, 0.3) is 5.69 Å². The molecule has 0 heterocycles. The number of non-ortho nitro benzene ring substituents is 1. The van der Waals surface area contributed by atoms with Crippen LogP contribution < -0.4 is 10.5 Å². The molecular weight excluding hydrogens is 419 g/mol. The number of nitrogens with two attached hydrogens (primary N) is 1. The number of hydrogen-bond acceptors (Lipinski definition) is 6. The zero-order valence-corrected chi connectivity index (χ0v) is 17.2. The Balaban J connectivity index is 1.71. The minimum Gasteiger partial charge on any atom is -0.488 e. The molecular formula is C22H19FN4O3S. The number of benzene rings is 3. The largest absolute Gasteiger partial charge is 0.488 e. The molecule has 2 N–H and O–H groups in total. The summed E-state index contributed by atoms with van der Waals surface area (Å²) in [5, 5.41) is 19.2. The molecule has 7 nitrogen and oxygen atoms in total. The lowest BCUT2D eigenvalue weighted by Crippen LogP contribution is -2.06. The molecule has 0 spiro atoms. The van der Waals surface area contributed by atoms with Gasteiger partial charge in [-0.3, -0.25) is 10.1 Å². The zero-order valence-electron chi connectivity index (χ0n) is 16.3. The molecule has 0 fully saturated rings. The molecule has 31 heavy (non-hydrogen) atoms. The van der Waals surface area contributed by atoms with E-state index in [4.69, 9.17) is 10.5 Å². The highest BCUT2D eigenvalue weighted by Crippen LogP contribution is 2.24. The highest BCUT2D eigenvalue weighted by molar-refractivity contribution is 8.13. The number of rotatable bonds is 8. The zero-order chi connectivity index (χ0) is 22.1. The minimum absolute atomic E-state index is 0.0920. The number of amidine groups is 1. The van der Waals surface area contributed by atoms with E-state index < -0.39 is 4.92 Å². The van der Waals surface area contributed by atoms with Crippen LogP contribution in [0.5, 0.6) is 5.75 Å². The quantitative estimate of drug-likeness (QED) is 0.233. The predicted molar refractivity (Wildman–Crippen MR) is 121 cm³/mol. The Kier molecular flexibility index (Phi) is 7.72. The SMILES string of the molecule is NC(=NN=Cc1cc([N+](=O)[O-])ccc1OCc1cccc(F)c1)SCc1ccccc1. The lowest BCUT2D eigenvalue weighted by molar-refractivity contribution is -0.384. The number of ether oxygens (including phenoxy) is 1. The number of nitro groups is 1. The van der Waals surface area contributed by atoms with Gasteiger partial charge in [-0.05, 0) is 29.3 Å². The van der Waals surface area contributed by atoms with Crippen LogP contribution in [0.2, 0.25) is 0 Å². The summed E-state index contributed by atoms with van der Waals surface area (Å²) >= 11 is 1.32. The van der Waals surface area contributed by atoms with Crippen molar-refractivity contribution in [1.29, 1.82) is 0 Å². The van der Waals surface area contributed by atoms with Crippen molar-refractivity contribution in [1.82, 2.24) is 0 Å². The van der Waals surface area contributed by atoms with Crippen molar-refractivity contribution in [3.8, 4) is 5.75 Å². The summed E-state index contributed by atoms with van der Waals surface area (Å²) < 4.78 is 19.1. The first-order valence-electron chi connectivity index (χ1n) is 9.20. The molecule has 0 aliphatic heterocycles. The molecule has 0 radical (unpaired) electrons. The Morgan fingerprint density at radius 1 is 1.10 bits per heavy atom. The minimum atomic E-state index is -0.513. The summed E-state index contributed by atoms with van der Waals surface area (Å²) in [6, 6.07) is 19.9. The van der Waals surface area contributed by atoms with Gasteiger partial charge in [-0.15, -0.1) is 5.10 Å². The summed E-state index contributed by atoms with van der Waals surface area (Å²) in [6.07, 6.45) is 1.34. The lowest BCUT2D eigenvalue weighted by Gasteiger charge is -2.09. The Morgan fingerprint density at radius 2 is 1.87 bits per heavy atom. The summed E-state index contributed by atoms with van der Waals surface area (Å²) in [5.74, 6) is 0.624. The van der Waals surface area contributed by atoms with Crippen molar-refractivity contribution >= 4 is 28.8 Å². The molecule has 158 valence electrons. The van der Waals surface area contributed by atoms with Gasteiger partial charge in [0.2, 0.25) is 0 Å². The van der Waals surface area contributed by atoms with E-state index in [1.54, 1.807) is 12.1 Å². The van der Waals surface area contributed by atoms with Crippen LogP contribution in [0.15, 0.2) is 83.0 Å². The predicted octanol–water partition coefficient (Wildman–Crippen LogP) is 4.89. The van der Waals surface area contributed by atoms with E-state index in [1.165, 1.54) is 48.3 Å². The van der Waals surface area contributed by atoms with Crippen LogP contribution in [0.3, 0.4) is 0 Å². The van der Waals surface area contributed by atoms with Gasteiger partial charge in [0.15, 0.2) is 5.17 Å². The molecule has 0 saturated carbocycles. The topological polar surface area (TPSA) is 103 Å². The van der Waals surface area contributed by atoms with Gasteiger partial charge in [0, 0.05) is 23.4 Å². The van der Waals surface area contributed by atoms with E-state index in [9.17, 15) is 14.5 Å². The second-order valence-electron chi connectivity index (χ2n) is 6.35. The highest BCUT2D eigenvalue weighted by Gasteiger charge is 2.11. The van der Waals surface area contributed by atoms with Crippen molar-refractivity contribution in [2.24, 2.45) is 15.9 Å². The number of nitrogens with zero attached hydrogens (tertiary/aromatic N) is 3. The van der Waals surface area contributed by atoms with Crippen molar-refractivity contribution in [2.45, 2.75) is 12.4 Å². The molecule has 3 aromatic rings. The van der Waals surface area contributed by atoms with Crippen LogP contribution in [0, 0.1) is 15.9 Å². The van der Waals surface area contributed by atoms with Gasteiger partial charge < -0.3 is 10.5 Å². The van der Waals surface area contributed by atoms with Gasteiger partial charge in [-0.2, -0.15) is 5.10 Å². The molecule has 9 heteroatoms. The summed E-state index contributed by atoms with van der Waals surface area (Å²) in [6.45, 7) is 0.0920. The van der Waals surface area contributed by atoms with Gasteiger partial charge in [0.05, 0.1) is 11.1 Å². The average molecular weight is 438 g/mol. The van der Waals surface area contributed by atoms with Gasteiger partial charge >= 0.3 is 0 Å². The first-order valence-corrected chi connectivity index (χ1v) is 10.2. The van der Waals surface area contributed by atoms with Crippen LogP contribution in [0.25, 0.3) is 0 Å². The maximum atomic E-state index is 13.3. The van der Waals surface area contributed by atoms with Crippen molar-refractivity contribution in [2.75, 3.05) is 0 Å². The van der Waals surface area contributed by atoms with E-state index in [2.05, 4.69) is 10.2 Å². The summed E-state index contributed by atoms with van der Waals surface area (Å²) in [5.41, 5.74) is 7.84. The Hall–Kier alpha value is -3.72. The third-order valence-electron chi connectivity index (χ3n) is 4.07. The van der Waals surface area contributed by atoms with Crippen molar-refractivity contribution in [3.63, 3.8) is 0 Å². The van der Waals surface area contributed by atoms with Gasteiger partial charge in [-0.25, -0.2) is 4.39 Å². The first kappa shape index (κ1) is 22.0. The van der Waals surface area contributed by atoms with Crippen LogP contribution in [0.4, 0.5) is 10.1 Å². The normalized spacial score (nSPS) is 11.6. The molecule has 0 aromatic heterocycles. The standard InChI is InChI=1S/C22H19FN4O3S/c23-19-8-4-7-17(11-19)14-30-21-10-9-20(27(28)29)12-18(21)13-25-26-22(24)31-15-16-5-2-1-3-6-16/h1-13H,14-15H2,(H2,24,26). The van der Waals surface area contributed by atoms with Crippen molar-refractivity contribution < 1.29 is 14.1 Å². The van der Waals surface area contributed by atoms with E-state index in [0.717, 1.165) is 5.56 Å².